The minimum absolute atomic E-state index is 0.0208. The molecule has 100 valence electrons. The molecule has 0 aliphatic rings. The van der Waals surface area contributed by atoms with Gasteiger partial charge in [0.05, 0.1) is 0 Å². The van der Waals surface area contributed by atoms with Crippen LogP contribution in [0.25, 0.3) is 0 Å². The molecule has 4 nitrogen and oxygen atoms in total. The molecule has 18 heavy (non-hydrogen) atoms. The van der Waals surface area contributed by atoms with Crippen LogP contribution in [0.1, 0.15) is 24.9 Å². The SMILES string of the molecule is CNC(=O)CCN(C)C(C)c1cc(Br)ccc1O. The molecule has 0 aliphatic carbocycles. The van der Waals surface area contributed by atoms with Gasteiger partial charge in [-0.2, -0.15) is 0 Å². The van der Waals surface area contributed by atoms with Crippen molar-refractivity contribution in [2.24, 2.45) is 0 Å². The first-order valence-electron chi connectivity index (χ1n) is 5.85. The molecule has 0 aromatic heterocycles. The maximum absolute atomic E-state index is 11.2. The predicted molar refractivity (Wildman–Crippen MR) is 75.5 cm³/mol. The van der Waals surface area contributed by atoms with E-state index in [9.17, 15) is 9.90 Å². The van der Waals surface area contributed by atoms with Crippen LogP contribution < -0.4 is 5.32 Å². The Morgan fingerprint density at radius 2 is 2.22 bits per heavy atom. The van der Waals surface area contributed by atoms with E-state index in [0.29, 0.717) is 13.0 Å². The van der Waals surface area contributed by atoms with Crippen molar-refractivity contribution in [2.75, 3.05) is 20.6 Å². The van der Waals surface area contributed by atoms with E-state index in [1.165, 1.54) is 0 Å². The highest BCUT2D eigenvalue weighted by atomic mass is 79.9. The Hall–Kier alpha value is -1.07. The van der Waals surface area contributed by atoms with Crippen molar-refractivity contribution in [2.45, 2.75) is 19.4 Å². The van der Waals surface area contributed by atoms with Crippen molar-refractivity contribution < 1.29 is 9.90 Å². The first-order valence-corrected chi connectivity index (χ1v) is 6.64. The van der Waals surface area contributed by atoms with E-state index < -0.39 is 0 Å². The van der Waals surface area contributed by atoms with Crippen LogP contribution >= 0.6 is 15.9 Å². The van der Waals surface area contributed by atoms with Crippen molar-refractivity contribution in [1.29, 1.82) is 0 Å². The number of rotatable bonds is 5. The Morgan fingerprint density at radius 3 is 2.83 bits per heavy atom. The third-order valence-corrected chi connectivity index (χ3v) is 3.56. The quantitative estimate of drug-likeness (QED) is 0.876. The maximum atomic E-state index is 11.2. The second-order valence-corrected chi connectivity index (χ2v) is 5.20. The van der Waals surface area contributed by atoms with Gasteiger partial charge in [-0.15, -0.1) is 0 Å². The summed E-state index contributed by atoms with van der Waals surface area (Å²) in [4.78, 5) is 13.2. The summed E-state index contributed by atoms with van der Waals surface area (Å²) < 4.78 is 0.932. The molecule has 0 saturated heterocycles. The Bertz CT molecular complexity index is 423. The summed E-state index contributed by atoms with van der Waals surface area (Å²) in [5, 5.41) is 12.4. The lowest BCUT2D eigenvalue weighted by Crippen LogP contribution is -2.28. The van der Waals surface area contributed by atoms with Crippen LogP contribution in [-0.2, 0) is 4.79 Å². The lowest BCUT2D eigenvalue weighted by molar-refractivity contribution is -0.120. The van der Waals surface area contributed by atoms with Gasteiger partial charge in [0.2, 0.25) is 5.91 Å². The smallest absolute Gasteiger partial charge is 0.221 e. The molecule has 2 N–H and O–H groups in total. The first kappa shape index (κ1) is 15.0. The molecule has 1 aromatic carbocycles. The number of hydrogen-bond acceptors (Lipinski definition) is 3. The summed E-state index contributed by atoms with van der Waals surface area (Å²) in [6, 6.07) is 5.42. The second kappa shape index (κ2) is 6.75. The fourth-order valence-corrected chi connectivity index (χ4v) is 2.07. The van der Waals surface area contributed by atoms with Crippen LogP contribution in [0.2, 0.25) is 0 Å². The Labute approximate surface area is 116 Å². The van der Waals surface area contributed by atoms with Gasteiger partial charge < -0.3 is 10.4 Å². The lowest BCUT2D eigenvalue weighted by Gasteiger charge is -2.25. The summed E-state index contributed by atoms with van der Waals surface area (Å²) >= 11 is 3.39. The number of benzene rings is 1. The molecular formula is C13H19BrN2O2. The van der Waals surface area contributed by atoms with Crippen molar-refractivity contribution in [3.63, 3.8) is 0 Å². The van der Waals surface area contributed by atoms with Gasteiger partial charge in [-0.05, 0) is 32.2 Å². The largest absolute Gasteiger partial charge is 0.508 e. The maximum Gasteiger partial charge on any atom is 0.221 e. The summed E-state index contributed by atoms with van der Waals surface area (Å²) in [5.41, 5.74) is 0.851. The summed E-state index contributed by atoms with van der Waals surface area (Å²) in [6.07, 6.45) is 0.451. The molecule has 1 unspecified atom stereocenters. The zero-order valence-electron chi connectivity index (χ0n) is 10.9. The standard InChI is InChI=1S/C13H19BrN2O2/c1-9(16(3)7-6-13(18)15-2)11-8-10(14)4-5-12(11)17/h4-5,8-9,17H,6-7H2,1-3H3,(H,15,18). The molecule has 1 atom stereocenters. The molecule has 0 fully saturated rings. The monoisotopic (exact) mass is 314 g/mol. The topological polar surface area (TPSA) is 52.6 Å². The van der Waals surface area contributed by atoms with Crippen LogP contribution in [0.3, 0.4) is 0 Å². The van der Waals surface area contributed by atoms with Gasteiger partial charge in [0, 0.05) is 36.1 Å². The van der Waals surface area contributed by atoms with Crippen molar-refractivity contribution in [1.82, 2.24) is 10.2 Å². The van der Waals surface area contributed by atoms with Gasteiger partial charge in [0.15, 0.2) is 0 Å². The molecule has 0 aliphatic heterocycles. The molecule has 0 bridgehead atoms. The van der Waals surface area contributed by atoms with Crippen molar-refractivity contribution >= 4 is 21.8 Å². The highest BCUT2D eigenvalue weighted by molar-refractivity contribution is 9.10. The third kappa shape index (κ3) is 3.99. The summed E-state index contributed by atoms with van der Waals surface area (Å²) in [7, 11) is 3.57. The van der Waals surface area contributed by atoms with Gasteiger partial charge >= 0.3 is 0 Å². The van der Waals surface area contributed by atoms with Crippen molar-refractivity contribution in [3.05, 3.63) is 28.2 Å². The molecule has 5 heteroatoms. The second-order valence-electron chi connectivity index (χ2n) is 4.28. The molecule has 1 rings (SSSR count). The highest BCUT2D eigenvalue weighted by Gasteiger charge is 2.16. The average Bonchev–Trinajstić information content (AvgIpc) is 2.37. The molecule has 0 heterocycles. The van der Waals surface area contributed by atoms with Gasteiger partial charge in [-0.25, -0.2) is 0 Å². The van der Waals surface area contributed by atoms with Crippen LogP contribution in [0.15, 0.2) is 22.7 Å². The number of nitrogens with one attached hydrogen (secondary N) is 1. The Morgan fingerprint density at radius 1 is 1.56 bits per heavy atom. The van der Waals surface area contributed by atoms with Crippen LogP contribution in [0.4, 0.5) is 0 Å². The van der Waals surface area contributed by atoms with Gasteiger partial charge in [-0.1, -0.05) is 15.9 Å². The first-order chi connectivity index (χ1) is 8.45. The Balaban J connectivity index is 2.70. The van der Waals surface area contributed by atoms with E-state index in [0.717, 1.165) is 10.0 Å². The number of hydrogen-bond donors (Lipinski definition) is 2. The average molecular weight is 315 g/mol. The van der Waals surface area contributed by atoms with E-state index in [-0.39, 0.29) is 17.7 Å². The van der Waals surface area contributed by atoms with Gasteiger partial charge in [-0.3, -0.25) is 9.69 Å². The van der Waals surface area contributed by atoms with Crippen LogP contribution in [0.5, 0.6) is 5.75 Å². The number of phenolic OH excluding ortho intramolecular Hbond substituents is 1. The van der Waals surface area contributed by atoms with Gasteiger partial charge in [0.25, 0.3) is 0 Å². The number of carbonyl (C=O) groups is 1. The number of aromatic hydroxyl groups is 1. The van der Waals surface area contributed by atoms with Crippen molar-refractivity contribution in [3.8, 4) is 5.75 Å². The fourth-order valence-electron chi connectivity index (χ4n) is 1.69. The molecule has 1 aromatic rings. The molecule has 0 saturated carbocycles. The highest BCUT2D eigenvalue weighted by Crippen LogP contribution is 2.30. The predicted octanol–water partition coefficient (Wildman–Crippen LogP) is 2.28. The number of nitrogens with zero attached hydrogens (tertiary/aromatic N) is 1. The minimum Gasteiger partial charge on any atom is -0.508 e. The minimum atomic E-state index is 0.0208. The molecule has 0 radical (unpaired) electrons. The zero-order valence-corrected chi connectivity index (χ0v) is 12.5. The normalized spacial score (nSPS) is 12.5. The number of amides is 1. The van der Waals surface area contributed by atoms with E-state index in [1.807, 2.05) is 24.9 Å². The molecule has 1 amide bonds. The lowest BCUT2D eigenvalue weighted by atomic mass is 10.1. The van der Waals surface area contributed by atoms with Gasteiger partial charge in [0.1, 0.15) is 5.75 Å². The molecule has 0 spiro atoms. The molecular weight excluding hydrogens is 296 g/mol. The summed E-state index contributed by atoms with van der Waals surface area (Å²) in [6.45, 7) is 2.65. The zero-order chi connectivity index (χ0) is 13.7. The number of carbonyl (C=O) groups excluding carboxylic acids is 1. The van der Waals surface area contributed by atoms with E-state index in [4.69, 9.17) is 0 Å². The third-order valence-electron chi connectivity index (χ3n) is 3.07. The van der Waals surface area contributed by atoms with Crippen LogP contribution in [0, 0.1) is 0 Å². The van der Waals surface area contributed by atoms with Crippen LogP contribution in [-0.4, -0.2) is 36.6 Å². The Kier molecular flexibility index (Phi) is 5.62. The van der Waals surface area contributed by atoms with E-state index >= 15 is 0 Å². The van der Waals surface area contributed by atoms with E-state index in [2.05, 4.69) is 21.2 Å². The number of phenols is 1. The number of halogens is 1. The van der Waals surface area contributed by atoms with E-state index in [1.54, 1.807) is 19.2 Å². The summed E-state index contributed by atoms with van der Waals surface area (Å²) in [5.74, 6) is 0.296. The fraction of sp³-hybridized carbons (Fsp3) is 0.462.